The maximum absolute atomic E-state index is 13.1. The van der Waals surface area contributed by atoms with Crippen molar-refractivity contribution in [3.63, 3.8) is 0 Å². The molecular formula is C28H35ClF6N4O7. The van der Waals surface area contributed by atoms with Crippen molar-refractivity contribution in [1.82, 2.24) is 5.32 Å². The summed E-state index contributed by atoms with van der Waals surface area (Å²) in [5.74, 6) is -4.88. The van der Waals surface area contributed by atoms with E-state index < -0.39 is 24.3 Å². The van der Waals surface area contributed by atoms with Crippen LogP contribution in [0.3, 0.4) is 0 Å². The number of hydrogen-bond acceptors (Lipinski definition) is 8. The van der Waals surface area contributed by atoms with Crippen LogP contribution in [0, 0.1) is 0 Å². The van der Waals surface area contributed by atoms with Crippen LogP contribution in [0.2, 0.25) is 5.02 Å². The van der Waals surface area contributed by atoms with E-state index in [1.165, 1.54) is 4.90 Å². The largest absolute Gasteiger partial charge is 0.542 e. The number of carbonyl (C=O) groups is 4. The number of aliphatic carboxylic acids is 2. The normalized spacial score (nSPS) is 16.4. The summed E-state index contributed by atoms with van der Waals surface area (Å²) >= 11 is 6.15. The van der Waals surface area contributed by atoms with Gasteiger partial charge in [-0.3, -0.25) is 10.1 Å². The summed E-state index contributed by atoms with van der Waals surface area (Å²) in [6.45, 7) is 6.69. The molecule has 1 unspecified atom stereocenters. The van der Waals surface area contributed by atoms with Gasteiger partial charge in [0.05, 0.1) is 19.4 Å². The zero-order valence-corrected chi connectivity index (χ0v) is 25.7. The van der Waals surface area contributed by atoms with E-state index in [2.05, 4.69) is 10.3 Å². The van der Waals surface area contributed by atoms with Crippen molar-refractivity contribution in [2.45, 2.75) is 70.4 Å². The Morgan fingerprint density at radius 3 is 2.09 bits per heavy atom. The third-order valence-corrected chi connectivity index (χ3v) is 6.85. The number of halogens is 7. The molecule has 1 amide bonds. The Hall–Kier alpha value is -3.54. The number of Topliss-reactive ketones (excluding diaryl/α,β-unsaturated/α-hetero) is 1. The molecule has 0 saturated carbocycles. The van der Waals surface area contributed by atoms with Gasteiger partial charge >= 0.3 is 12.4 Å². The van der Waals surface area contributed by atoms with Crippen LogP contribution >= 0.6 is 11.6 Å². The van der Waals surface area contributed by atoms with Crippen molar-refractivity contribution >= 4 is 46.8 Å². The second kappa shape index (κ2) is 19.2. The van der Waals surface area contributed by atoms with Crippen molar-refractivity contribution in [1.29, 1.82) is 0 Å². The van der Waals surface area contributed by atoms with Crippen LogP contribution in [0.5, 0.6) is 0 Å². The highest BCUT2D eigenvalue weighted by Gasteiger charge is 2.33. The van der Waals surface area contributed by atoms with Crippen molar-refractivity contribution in [3.05, 3.63) is 41.1 Å². The number of amides is 1. The van der Waals surface area contributed by atoms with Crippen molar-refractivity contribution in [2.75, 3.05) is 26.3 Å². The number of hydrogen-bond donors (Lipinski definition) is 3. The molecule has 11 nitrogen and oxygen atoms in total. The van der Waals surface area contributed by atoms with Crippen LogP contribution in [0.15, 0.2) is 35.5 Å². The lowest BCUT2D eigenvalue weighted by Gasteiger charge is -2.29. The van der Waals surface area contributed by atoms with Gasteiger partial charge in [-0.05, 0) is 44.9 Å². The summed E-state index contributed by atoms with van der Waals surface area (Å²) in [6.07, 6.45) is -4.38. The number of alkyl halides is 6. The first-order valence-electron chi connectivity index (χ1n) is 14.0. The van der Waals surface area contributed by atoms with Gasteiger partial charge in [-0.1, -0.05) is 30.5 Å². The number of carbonyl (C=O) groups excluding carboxylic acids is 4. The van der Waals surface area contributed by atoms with Crippen molar-refractivity contribution in [3.8, 4) is 0 Å². The zero-order valence-electron chi connectivity index (χ0n) is 24.9. The molecule has 0 spiro atoms. The topological polar surface area (TPSA) is 169 Å². The SMILES string of the molecule is CC(=O)CCCCC[C@H](NC(=O)C(C)[NH+]1CCOCC1)C1=NC=C(c2cccc(Cl)c2)[NH2+]1.O=C([O-])C(F)(F)F.O=C([O-])C(F)(F)F. The second-order valence-electron chi connectivity index (χ2n) is 10.2. The summed E-state index contributed by atoms with van der Waals surface area (Å²) < 4.78 is 68.5. The van der Waals surface area contributed by atoms with Gasteiger partial charge in [0.1, 0.15) is 36.9 Å². The number of carboxylic acid groups (broad SMARTS) is 2. The number of nitrogens with two attached hydrogens (primary N) is 1. The Kier molecular flexibility index (Phi) is 16.9. The highest BCUT2D eigenvalue weighted by molar-refractivity contribution is 6.30. The average molecular weight is 689 g/mol. The quantitative estimate of drug-likeness (QED) is 0.209. The Bertz CT molecular complexity index is 1230. The second-order valence-corrected chi connectivity index (χ2v) is 10.7. The summed E-state index contributed by atoms with van der Waals surface area (Å²) in [6, 6.07) is 7.40. The van der Waals surface area contributed by atoms with Gasteiger partial charge in [0.2, 0.25) is 5.84 Å². The predicted molar refractivity (Wildman–Crippen MR) is 148 cm³/mol. The summed E-state index contributed by atoms with van der Waals surface area (Å²) in [7, 11) is 0. The highest BCUT2D eigenvalue weighted by Crippen LogP contribution is 2.17. The standard InChI is InChI=1S/C24H33ClN4O3.2C2HF3O2/c1-17(30)7-4-3-5-10-21(28-24(31)18(2)29-11-13-32-14-12-29)23-26-16-22(27-23)19-8-6-9-20(25)15-19;2*3-2(4,5)1(6)7/h6,8-9,15-16,18,21H,3-5,7,10-14H2,1-2H3,(H,26,27)(H,28,31);2*(H,6,7)/t18?,21-;;/m0../s1. The minimum Gasteiger partial charge on any atom is -0.542 e. The summed E-state index contributed by atoms with van der Waals surface area (Å²) in [4.78, 5) is 47.7. The minimum atomic E-state index is -5.19. The smallest absolute Gasteiger partial charge is 0.430 e. The molecule has 2 heterocycles. The molecule has 46 heavy (non-hydrogen) atoms. The minimum absolute atomic E-state index is 0.0444. The molecule has 3 rings (SSSR count). The lowest BCUT2D eigenvalue weighted by Crippen LogP contribution is -3.18. The number of aliphatic imine (C=N–C) groups is 1. The van der Waals surface area contributed by atoms with Gasteiger partial charge in [0.25, 0.3) is 5.91 Å². The molecule has 1 fully saturated rings. The molecule has 2 atom stereocenters. The Labute approximate surface area is 265 Å². The van der Waals surface area contributed by atoms with E-state index in [4.69, 9.17) is 36.1 Å². The molecule has 1 saturated heterocycles. The molecule has 2 aliphatic rings. The van der Waals surface area contributed by atoms with E-state index in [0.717, 1.165) is 55.9 Å². The molecular weight excluding hydrogens is 654 g/mol. The van der Waals surface area contributed by atoms with Gasteiger partial charge in [-0.2, -0.15) is 26.3 Å². The lowest BCUT2D eigenvalue weighted by molar-refractivity contribution is -0.921. The number of ether oxygens (including phenoxy) is 1. The molecule has 4 N–H and O–H groups in total. The molecule has 258 valence electrons. The number of nitrogens with zero attached hydrogens (tertiary/aromatic N) is 1. The first-order valence-corrected chi connectivity index (χ1v) is 14.4. The summed E-state index contributed by atoms with van der Waals surface area (Å²) in [5, 5.41) is 23.5. The maximum Gasteiger partial charge on any atom is 0.430 e. The molecule has 0 bridgehead atoms. The summed E-state index contributed by atoms with van der Waals surface area (Å²) in [5.41, 5.74) is 2.00. The van der Waals surface area contributed by atoms with Gasteiger partial charge in [-0.15, -0.1) is 0 Å². The number of morpholine rings is 1. The Morgan fingerprint density at radius 2 is 1.59 bits per heavy atom. The number of unbranched alkanes of at least 4 members (excludes halogenated alkanes) is 2. The maximum atomic E-state index is 13.1. The number of amidine groups is 1. The third-order valence-electron chi connectivity index (χ3n) is 6.61. The van der Waals surface area contributed by atoms with E-state index in [9.17, 15) is 35.9 Å². The first-order chi connectivity index (χ1) is 21.3. The fraction of sp³-hybridized carbons (Fsp3) is 0.536. The van der Waals surface area contributed by atoms with Gasteiger partial charge in [-0.25, -0.2) is 4.99 Å². The number of quaternary nitrogens is 2. The van der Waals surface area contributed by atoms with Crippen LogP contribution < -0.4 is 25.7 Å². The number of ketones is 1. The van der Waals surface area contributed by atoms with Gasteiger partial charge in [0.15, 0.2) is 11.7 Å². The van der Waals surface area contributed by atoms with Gasteiger partial charge in [0, 0.05) is 17.0 Å². The molecule has 1 aromatic rings. The van der Waals surface area contributed by atoms with E-state index in [1.807, 2.05) is 42.7 Å². The molecule has 2 aliphatic heterocycles. The Morgan fingerprint density at radius 1 is 1.02 bits per heavy atom. The van der Waals surface area contributed by atoms with Crippen LogP contribution in [-0.4, -0.2) is 80.2 Å². The lowest BCUT2D eigenvalue weighted by atomic mass is 10.0. The monoisotopic (exact) mass is 688 g/mol. The molecule has 1 aromatic carbocycles. The molecule has 0 aromatic heterocycles. The number of carboxylic acids is 2. The molecule has 0 aliphatic carbocycles. The van der Waals surface area contributed by atoms with E-state index in [0.29, 0.717) is 24.7 Å². The van der Waals surface area contributed by atoms with Crippen LogP contribution in [-0.2, 0) is 23.9 Å². The average Bonchev–Trinajstić information content (AvgIpc) is 3.46. The number of benzene rings is 1. The fourth-order valence-corrected chi connectivity index (χ4v) is 4.33. The third kappa shape index (κ3) is 15.6. The highest BCUT2D eigenvalue weighted by atomic mass is 35.5. The molecule has 0 radical (unpaired) electrons. The van der Waals surface area contributed by atoms with Gasteiger partial charge < -0.3 is 39.6 Å². The van der Waals surface area contributed by atoms with Crippen LogP contribution in [0.4, 0.5) is 26.3 Å². The zero-order chi connectivity index (χ0) is 35.1. The van der Waals surface area contributed by atoms with E-state index >= 15 is 0 Å². The van der Waals surface area contributed by atoms with Crippen molar-refractivity contribution < 1.29 is 70.7 Å². The number of nitrogens with one attached hydrogen (secondary N) is 2. The first kappa shape index (κ1) is 40.5. The van der Waals surface area contributed by atoms with E-state index in [1.54, 1.807) is 6.92 Å². The van der Waals surface area contributed by atoms with Crippen LogP contribution in [0.1, 0.15) is 51.5 Å². The fourth-order valence-electron chi connectivity index (χ4n) is 4.14. The number of rotatable bonds is 11. The molecule has 18 heteroatoms. The predicted octanol–water partition coefficient (Wildman–Crippen LogP) is -0.461. The van der Waals surface area contributed by atoms with Crippen LogP contribution in [0.25, 0.3) is 5.70 Å². The van der Waals surface area contributed by atoms with Crippen molar-refractivity contribution in [2.24, 2.45) is 4.99 Å². The van der Waals surface area contributed by atoms with E-state index in [-0.39, 0.29) is 23.8 Å². The Balaban J connectivity index is 0.000000629.